The summed E-state index contributed by atoms with van der Waals surface area (Å²) in [6, 6.07) is 21.1. The van der Waals surface area contributed by atoms with Crippen molar-refractivity contribution in [3.05, 3.63) is 71.8 Å². The number of carbonyl (C=O) groups is 1. The largest absolute Gasteiger partial charge is 0.354 e. The van der Waals surface area contributed by atoms with Gasteiger partial charge >= 0.3 is 0 Å². The van der Waals surface area contributed by atoms with Crippen LogP contribution in [0.25, 0.3) is 0 Å². The number of carbonyl (C=O) groups excluding carboxylic acids is 1. The molecule has 0 saturated carbocycles. The molecule has 2 aromatic carbocycles. The van der Waals surface area contributed by atoms with Gasteiger partial charge in [0.05, 0.1) is 6.54 Å². The van der Waals surface area contributed by atoms with E-state index in [0.29, 0.717) is 12.5 Å². The Morgan fingerprint density at radius 1 is 0.929 bits per heavy atom. The van der Waals surface area contributed by atoms with Gasteiger partial charge in [-0.2, -0.15) is 0 Å². The third kappa shape index (κ3) is 6.47. The molecule has 0 aromatic heterocycles. The molecule has 0 radical (unpaired) electrons. The number of nitrogens with one attached hydrogen (secondary N) is 1. The van der Waals surface area contributed by atoms with Crippen LogP contribution in [0.1, 0.15) is 30.4 Å². The van der Waals surface area contributed by atoms with E-state index in [0.717, 1.165) is 52.1 Å². The molecule has 0 spiro atoms. The first-order valence-corrected chi connectivity index (χ1v) is 10.5. The highest BCUT2D eigenvalue weighted by Crippen LogP contribution is 2.17. The van der Waals surface area contributed by atoms with Crippen molar-refractivity contribution in [2.45, 2.75) is 25.7 Å². The van der Waals surface area contributed by atoms with Gasteiger partial charge in [0.25, 0.3) is 0 Å². The van der Waals surface area contributed by atoms with Crippen molar-refractivity contribution in [2.75, 3.05) is 45.8 Å². The summed E-state index contributed by atoms with van der Waals surface area (Å²) in [7, 11) is 0. The number of rotatable bonds is 9. The third-order valence-corrected chi connectivity index (χ3v) is 5.70. The van der Waals surface area contributed by atoms with Crippen molar-refractivity contribution >= 4 is 5.91 Å². The zero-order chi connectivity index (χ0) is 19.6. The monoisotopic (exact) mass is 379 g/mol. The van der Waals surface area contributed by atoms with Gasteiger partial charge in [-0.15, -0.1) is 0 Å². The molecule has 1 unspecified atom stereocenters. The SMILES string of the molecule is CCC(CNC(=O)CN1CCN(CCc2ccccc2)CC1)c1ccccc1. The minimum Gasteiger partial charge on any atom is -0.354 e. The molecular formula is C24H33N3O. The van der Waals surface area contributed by atoms with Crippen LogP contribution in [0, 0.1) is 0 Å². The summed E-state index contributed by atoms with van der Waals surface area (Å²) in [6.07, 6.45) is 2.13. The molecule has 1 fully saturated rings. The summed E-state index contributed by atoms with van der Waals surface area (Å²) in [4.78, 5) is 17.2. The lowest BCUT2D eigenvalue weighted by molar-refractivity contribution is -0.122. The topological polar surface area (TPSA) is 35.6 Å². The molecule has 1 N–H and O–H groups in total. The highest BCUT2D eigenvalue weighted by molar-refractivity contribution is 5.78. The Morgan fingerprint density at radius 2 is 1.54 bits per heavy atom. The number of hydrogen-bond donors (Lipinski definition) is 1. The van der Waals surface area contributed by atoms with E-state index in [1.807, 2.05) is 6.07 Å². The second kappa shape index (κ2) is 11.0. The van der Waals surface area contributed by atoms with Crippen LogP contribution in [-0.4, -0.2) is 61.5 Å². The molecule has 1 aliphatic heterocycles. The number of piperazine rings is 1. The number of hydrogen-bond acceptors (Lipinski definition) is 3. The second-order valence-corrected chi connectivity index (χ2v) is 7.67. The second-order valence-electron chi connectivity index (χ2n) is 7.67. The minimum absolute atomic E-state index is 0.145. The molecule has 0 bridgehead atoms. The van der Waals surface area contributed by atoms with Crippen LogP contribution in [0.5, 0.6) is 0 Å². The summed E-state index contributed by atoms with van der Waals surface area (Å²) in [6.45, 7) is 8.53. The van der Waals surface area contributed by atoms with Crippen molar-refractivity contribution in [1.29, 1.82) is 0 Å². The number of benzene rings is 2. The smallest absolute Gasteiger partial charge is 0.234 e. The van der Waals surface area contributed by atoms with Crippen molar-refractivity contribution in [1.82, 2.24) is 15.1 Å². The predicted octanol–water partition coefficient (Wildman–Crippen LogP) is 3.16. The Bertz CT molecular complexity index is 696. The van der Waals surface area contributed by atoms with Gasteiger partial charge in [0, 0.05) is 45.2 Å². The zero-order valence-electron chi connectivity index (χ0n) is 17.0. The number of nitrogens with zero attached hydrogens (tertiary/aromatic N) is 2. The lowest BCUT2D eigenvalue weighted by Gasteiger charge is -2.34. The third-order valence-electron chi connectivity index (χ3n) is 5.70. The highest BCUT2D eigenvalue weighted by Gasteiger charge is 2.19. The van der Waals surface area contributed by atoms with E-state index in [2.05, 4.69) is 76.6 Å². The summed E-state index contributed by atoms with van der Waals surface area (Å²) >= 11 is 0. The first-order chi connectivity index (χ1) is 13.7. The van der Waals surface area contributed by atoms with E-state index < -0.39 is 0 Å². The molecular weight excluding hydrogens is 346 g/mol. The molecule has 1 saturated heterocycles. The average molecular weight is 380 g/mol. The molecule has 4 nitrogen and oxygen atoms in total. The van der Waals surface area contributed by atoms with E-state index in [1.54, 1.807) is 0 Å². The summed E-state index contributed by atoms with van der Waals surface area (Å²) in [5, 5.41) is 3.14. The van der Waals surface area contributed by atoms with Gasteiger partial charge in [0.2, 0.25) is 5.91 Å². The van der Waals surface area contributed by atoms with Crippen LogP contribution in [0.4, 0.5) is 0 Å². The number of amides is 1. The lowest BCUT2D eigenvalue weighted by atomic mass is 9.96. The maximum absolute atomic E-state index is 12.4. The predicted molar refractivity (Wildman–Crippen MR) is 116 cm³/mol. The molecule has 1 aliphatic rings. The van der Waals surface area contributed by atoms with E-state index in [4.69, 9.17) is 0 Å². The molecule has 1 amide bonds. The molecule has 4 heteroatoms. The van der Waals surface area contributed by atoms with Crippen LogP contribution in [0.15, 0.2) is 60.7 Å². The van der Waals surface area contributed by atoms with Crippen molar-refractivity contribution in [3.63, 3.8) is 0 Å². The Balaban J connectivity index is 1.34. The fourth-order valence-electron chi connectivity index (χ4n) is 3.82. The van der Waals surface area contributed by atoms with E-state index in [-0.39, 0.29) is 5.91 Å². The molecule has 0 aliphatic carbocycles. The van der Waals surface area contributed by atoms with Gasteiger partial charge in [0.15, 0.2) is 0 Å². The van der Waals surface area contributed by atoms with Crippen LogP contribution in [-0.2, 0) is 11.2 Å². The molecule has 28 heavy (non-hydrogen) atoms. The molecule has 3 rings (SSSR count). The zero-order valence-corrected chi connectivity index (χ0v) is 17.0. The van der Waals surface area contributed by atoms with Crippen molar-refractivity contribution in [2.24, 2.45) is 0 Å². The average Bonchev–Trinajstić information content (AvgIpc) is 2.75. The molecule has 1 atom stereocenters. The molecule has 150 valence electrons. The summed E-state index contributed by atoms with van der Waals surface area (Å²) in [5.74, 6) is 0.534. The summed E-state index contributed by atoms with van der Waals surface area (Å²) < 4.78 is 0. The van der Waals surface area contributed by atoms with Gasteiger partial charge in [-0.3, -0.25) is 9.69 Å². The van der Waals surface area contributed by atoms with Crippen molar-refractivity contribution < 1.29 is 4.79 Å². The van der Waals surface area contributed by atoms with Gasteiger partial charge < -0.3 is 10.2 Å². The standard InChI is InChI=1S/C24H33N3O/c1-2-22(23-11-7-4-8-12-23)19-25-24(28)20-27-17-15-26(16-18-27)14-13-21-9-5-3-6-10-21/h3-12,22H,2,13-20H2,1H3,(H,25,28). The summed E-state index contributed by atoms with van der Waals surface area (Å²) in [5.41, 5.74) is 2.70. The van der Waals surface area contributed by atoms with E-state index in [9.17, 15) is 4.79 Å². The first kappa shape index (κ1) is 20.6. The van der Waals surface area contributed by atoms with Gasteiger partial charge in [-0.1, -0.05) is 67.6 Å². The van der Waals surface area contributed by atoms with Gasteiger partial charge in [-0.05, 0) is 24.0 Å². The fraction of sp³-hybridized carbons (Fsp3) is 0.458. The normalized spacial score (nSPS) is 16.6. The lowest BCUT2D eigenvalue weighted by Crippen LogP contribution is -2.50. The van der Waals surface area contributed by atoms with E-state index in [1.165, 1.54) is 11.1 Å². The maximum atomic E-state index is 12.4. The van der Waals surface area contributed by atoms with Gasteiger partial charge in [0.1, 0.15) is 0 Å². The van der Waals surface area contributed by atoms with Crippen LogP contribution >= 0.6 is 0 Å². The van der Waals surface area contributed by atoms with Crippen molar-refractivity contribution in [3.8, 4) is 0 Å². The first-order valence-electron chi connectivity index (χ1n) is 10.5. The highest BCUT2D eigenvalue weighted by atomic mass is 16.2. The van der Waals surface area contributed by atoms with Crippen LogP contribution < -0.4 is 5.32 Å². The van der Waals surface area contributed by atoms with Gasteiger partial charge in [-0.25, -0.2) is 0 Å². The van der Waals surface area contributed by atoms with E-state index >= 15 is 0 Å². The van der Waals surface area contributed by atoms with Crippen LogP contribution in [0.3, 0.4) is 0 Å². The van der Waals surface area contributed by atoms with Crippen LogP contribution in [0.2, 0.25) is 0 Å². The Kier molecular flexibility index (Phi) is 8.07. The maximum Gasteiger partial charge on any atom is 0.234 e. The quantitative estimate of drug-likeness (QED) is 0.727. The molecule has 1 heterocycles. The molecule has 2 aromatic rings. The fourth-order valence-corrected chi connectivity index (χ4v) is 3.82. The Morgan fingerprint density at radius 3 is 2.18 bits per heavy atom. The Labute approximate surface area is 169 Å². The Hall–Kier alpha value is -2.17. The minimum atomic E-state index is 0.145.